The maximum atomic E-state index is 13.1. The number of anilines is 1. The molecule has 4 rings (SSSR count). The molecule has 0 radical (unpaired) electrons. The molecule has 0 fully saturated rings. The number of nitrogens with zero attached hydrogens (tertiary/aromatic N) is 1. The summed E-state index contributed by atoms with van der Waals surface area (Å²) in [5.74, 6) is -0.858. The van der Waals surface area contributed by atoms with Gasteiger partial charge >= 0.3 is 0 Å². The molecule has 3 aromatic rings. The van der Waals surface area contributed by atoms with Crippen LogP contribution in [0.3, 0.4) is 0 Å². The van der Waals surface area contributed by atoms with Crippen molar-refractivity contribution in [2.75, 3.05) is 11.9 Å². The predicted molar refractivity (Wildman–Crippen MR) is 97.3 cm³/mol. The van der Waals surface area contributed by atoms with E-state index >= 15 is 0 Å². The van der Waals surface area contributed by atoms with E-state index in [4.69, 9.17) is 4.42 Å². The summed E-state index contributed by atoms with van der Waals surface area (Å²) in [6, 6.07) is 14.6. The van der Waals surface area contributed by atoms with Crippen molar-refractivity contribution in [1.29, 1.82) is 0 Å². The Labute approximate surface area is 149 Å². The molecule has 0 aliphatic carbocycles. The van der Waals surface area contributed by atoms with Crippen LogP contribution in [0.15, 0.2) is 63.8 Å². The van der Waals surface area contributed by atoms with Crippen molar-refractivity contribution in [3.8, 4) is 0 Å². The molecule has 1 aliphatic heterocycles. The molecule has 0 saturated carbocycles. The van der Waals surface area contributed by atoms with Gasteiger partial charge in [0.1, 0.15) is 11.6 Å². The van der Waals surface area contributed by atoms with E-state index in [1.165, 1.54) is 18.0 Å². The molecule has 6 heteroatoms. The van der Waals surface area contributed by atoms with Crippen LogP contribution in [-0.2, 0) is 11.2 Å². The van der Waals surface area contributed by atoms with Gasteiger partial charge in [-0.2, -0.15) is 0 Å². The highest BCUT2D eigenvalue weighted by Gasteiger charge is 2.39. The molecule has 0 saturated heterocycles. The molecule has 1 N–H and O–H groups in total. The summed E-state index contributed by atoms with van der Waals surface area (Å²) in [6.45, 7) is 0. The smallest absolute Gasteiger partial charge is 0.294 e. The van der Waals surface area contributed by atoms with Crippen LogP contribution < -0.4 is 15.6 Å². The summed E-state index contributed by atoms with van der Waals surface area (Å²) in [6.07, 6.45) is 0.416. The summed E-state index contributed by atoms with van der Waals surface area (Å²) in [4.78, 5) is 39.2. The zero-order chi connectivity index (χ0) is 18.3. The van der Waals surface area contributed by atoms with Gasteiger partial charge in [-0.05, 0) is 23.8 Å². The lowest BCUT2D eigenvalue weighted by Gasteiger charge is -2.23. The first-order chi connectivity index (χ1) is 12.6. The SMILES string of the molecule is CNC(=O)C1Cc2ccccc2N1C(=O)c1cc(=O)c2ccccc2o1. The Balaban J connectivity index is 1.83. The van der Waals surface area contributed by atoms with Crippen LogP contribution in [0.4, 0.5) is 5.69 Å². The molecule has 1 aliphatic rings. The zero-order valence-corrected chi connectivity index (χ0v) is 14.1. The Morgan fingerprint density at radius 1 is 1.12 bits per heavy atom. The van der Waals surface area contributed by atoms with Crippen molar-refractivity contribution in [2.45, 2.75) is 12.5 Å². The van der Waals surface area contributed by atoms with E-state index in [0.717, 1.165) is 5.56 Å². The molecular weight excluding hydrogens is 332 g/mol. The topological polar surface area (TPSA) is 79.6 Å². The van der Waals surface area contributed by atoms with E-state index in [1.54, 1.807) is 30.3 Å². The van der Waals surface area contributed by atoms with E-state index in [9.17, 15) is 14.4 Å². The number of hydrogen-bond acceptors (Lipinski definition) is 4. The fourth-order valence-corrected chi connectivity index (χ4v) is 3.34. The Bertz CT molecular complexity index is 1090. The molecule has 2 heterocycles. The minimum Gasteiger partial charge on any atom is -0.451 e. The third-order valence-electron chi connectivity index (χ3n) is 4.59. The molecule has 2 amide bonds. The molecule has 130 valence electrons. The van der Waals surface area contributed by atoms with E-state index in [0.29, 0.717) is 23.1 Å². The van der Waals surface area contributed by atoms with Crippen molar-refractivity contribution in [3.63, 3.8) is 0 Å². The minimum atomic E-state index is -0.679. The molecule has 0 bridgehead atoms. The molecular formula is C20H16N2O4. The van der Waals surface area contributed by atoms with Gasteiger partial charge in [0, 0.05) is 25.2 Å². The summed E-state index contributed by atoms with van der Waals surface area (Å²) >= 11 is 0. The highest BCUT2D eigenvalue weighted by molar-refractivity contribution is 6.10. The largest absolute Gasteiger partial charge is 0.451 e. The standard InChI is InChI=1S/C20H16N2O4/c1-21-19(24)15-10-12-6-2-4-8-14(12)22(15)20(25)18-11-16(23)13-7-3-5-9-17(13)26-18/h2-9,11,15H,10H2,1H3,(H,21,24). The van der Waals surface area contributed by atoms with E-state index in [-0.39, 0.29) is 17.1 Å². The second kappa shape index (κ2) is 6.15. The Hall–Kier alpha value is -3.41. The second-order valence-corrected chi connectivity index (χ2v) is 6.11. The van der Waals surface area contributed by atoms with Crippen molar-refractivity contribution < 1.29 is 14.0 Å². The van der Waals surface area contributed by atoms with Gasteiger partial charge in [0.2, 0.25) is 5.91 Å². The molecule has 1 aromatic heterocycles. The van der Waals surface area contributed by atoms with Gasteiger partial charge in [-0.25, -0.2) is 0 Å². The number of fused-ring (bicyclic) bond motifs is 2. The van der Waals surface area contributed by atoms with Crippen LogP contribution in [0.1, 0.15) is 16.1 Å². The van der Waals surface area contributed by atoms with Gasteiger partial charge in [-0.3, -0.25) is 19.3 Å². The first kappa shape index (κ1) is 16.1. The van der Waals surface area contributed by atoms with Crippen LogP contribution in [0, 0.1) is 0 Å². The average Bonchev–Trinajstić information content (AvgIpc) is 3.06. The number of hydrogen-bond donors (Lipinski definition) is 1. The molecule has 2 aromatic carbocycles. The summed E-state index contributed by atoms with van der Waals surface area (Å²) in [7, 11) is 1.53. The number of amides is 2. The molecule has 0 spiro atoms. The minimum absolute atomic E-state index is 0.0840. The Morgan fingerprint density at radius 3 is 2.65 bits per heavy atom. The van der Waals surface area contributed by atoms with Crippen molar-refractivity contribution in [2.24, 2.45) is 0 Å². The highest BCUT2D eigenvalue weighted by atomic mass is 16.3. The monoisotopic (exact) mass is 348 g/mol. The van der Waals surface area contributed by atoms with Crippen LogP contribution in [0.25, 0.3) is 11.0 Å². The number of carbonyl (C=O) groups excluding carboxylic acids is 2. The quantitative estimate of drug-likeness (QED) is 0.769. The van der Waals surface area contributed by atoms with Gasteiger partial charge in [-0.15, -0.1) is 0 Å². The lowest BCUT2D eigenvalue weighted by Crippen LogP contribution is -2.47. The summed E-state index contributed by atoms with van der Waals surface area (Å²) < 4.78 is 5.67. The van der Waals surface area contributed by atoms with Crippen molar-refractivity contribution in [3.05, 3.63) is 76.1 Å². The van der Waals surface area contributed by atoms with Gasteiger partial charge in [0.25, 0.3) is 5.91 Å². The number of benzene rings is 2. The van der Waals surface area contributed by atoms with Gasteiger partial charge < -0.3 is 9.73 Å². The first-order valence-electron chi connectivity index (χ1n) is 8.26. The normalized spacial score (nSPS) is 15.7. The lowest BCUT2D eigenvalue weighted by molar-refractivity contribution is -0.121. The van der Waals surface area contributed by atoms with E-state index in [2.05, 4.69) is 5.32 Å². The number of likely N-dealkylation sites (N-methyl/N-ethyl adjacent to an activating group) is 1. The fraction of sp³-hybridized carbons (Fsp3) is 0.150. The van der Waals surface area contributed by atoms with Crippen LogP contribution in [-0.4, -0.2) is 24.9 Å². The second-order valence-electron chi connectivity index (χ2n) is 6.11. The molecule has 6 nitrogen and oxygen atoms in total. The van der Waals surface area contributed by atoms with Crippen LogP contribution in [0.5, 0.6) is 0 Å². The summed E-state index contributed by atoms with van der Waals surface area (Å²) in [5.41, 5.74) is 1.60. The van der Waals surface area contributed by atoms with Crippen molar-refractivity contribution >= 4 is 28.5 Å². The average molecular weight is 348 g/mol. The fourth-order valence-electron chi connectivity index (χ4n) is 3.34. The molecule has 1 atom stereocenters. The third kappa shape index (κ3) is 2.47. The van der Waals surface area contributed by atoms with Gasteiger partial charge in [0.15, 0.2) is 11.2 Å². The van der Waals surface area contributed by atoms with Crippen molar-refractivity contribution in [1.82, 2.24) is 5.32 Å². The van der Waals surface area contributed by atoms with Crippen LogP contribution >= 0.6 is 0 Å². The predicted octanol–water partition coefficient (Wildman–Crippen LogP) is 2.11. The Kier molecular flexibility index (Phi) is 3.80. The third-order valence-corrected chi connectivity index (χ3v) is 4.59. The van der Waals surface area contributed by atoms with E-state index in [1.807, 2.05) is 18.2 Å². The number of para-hydroxylation sites is 2. The number of nitrogens with one attached hydrogen (secondary N) is 1. The maximum Gasteiger partial charge on any atom is 0.294 e. The lowest BCUT2D eigenvalue weighted by atomic mass is 10.1. The number of rotatable bonds is 2. The number of carbonyl (C=O) groups is 2. The van der Waals surface area contributed by atoms with Crippen LogP contribution in [0.2, 0.25) is 0 Å². The molecule has 26 heavy (non-hydrogen) atoms. The molecule has 1 unspecified atom stereocenters. The first-order valence-corrected chi connectivity index (χ1v) is 8.26. The van der Waals surface area contributed by atoms with Gasteiger partial charge in [-0.1, -0.05) is 30.3 Å². The van der Waals surface area contributed by atoms with E-state index < -0.39 is 11.9 Å². The maximum absolute atomic E-state index is 13.1. The zero-order valence-electron chi connectivity index (χ0n) is 14.1. The van der Waals surface area contributed by atoms with Gasteiger partial charge in [0.05, 0.1) is 5.39 Å². The highest BCUT2D eigenvalue weighted by Crippen LogP contribution is 2.33. The Morgan fingerprint density at radius 2 is 1.85 bits per heavy atom. The summed E-state index contributed by atoms with van der Waals surface area (Å²) in [5, 5.41) is 3.00.